The molecule has 1 aromatic heterocycles. The largest absolute Gasteiger partial charge is 0.354 e. The van der Waals surface area contributed by atoms with Crippen molar-refractivity contribution in [1.82, 2.24) is 10.3 Å². The number of H-pyrrole nitrogens is 1. The monoisotopic (exact) mass is 282 g/mol. The highest BCUT2D eigenvalue weighted by Gasteiger charge is 2.26. The fraction of sp³-hybridized carbons (Fsp3) is 0.294. The second-order valence-corrected chi connectivity index (χ2v) is 5.42. The minimum atomic E-state index is -0.154. The van der Waals surface area contributed by atoms with Gasteiger partial charge in [0.2, 0.25) is 0 Å². The number of nitrogens with one attached hydrogen (secondary N) is 2. The highest BCUT2D eigenvalue weighted by molar-refractivity contribution is 6.04. The Hall–Kier alpha value is -2.36. The number of carbonyl (C=O) groups is 2. The van der Waals surface area contributed by atoms with Gasteiger partial charge in [-0.05, 0) is 30.9 Å². The van der Waals surface area contributed by atoms with Gasteiger partial charge in [-0.1, -0.05) is 30.3 Å². The van der Waals surface area contributed by atoms with E-state index in [4.69, 9.17) is 0 Å². The molecule has 4 nitrogen and oxygen atoms in total. The van der Waals surface area contributed by atoms with Gasteiger partial charge in [-0.15, -0.1) is 0 Å². The van der Waals surface area contributed by atoms with Crippen LogP contribution < -0.4 is 5.32 Å². The van der Waals surface area contributed by atoms with E-state index < -0.39 is 0 Å². The number of rotatable bonds is 3. The molecule has 1 aromatic carbocycles. The van der Waals surface area contributed by atoms with E-state index in [2.05, 4.69) is 10.3 Å². The third kappa shape index (κ3) is 2.61. The van der Waals surface area contributed by atoms with Gasteiger partial charge >= 0.3 is 0 Å². The molecule has 1 heterocycles. The average molecular weight is 282 g/mol. The highest BCUT2D eigenvalue weighted by Crippen LogP contribution is 2.26. The van der Waals surface area contributed by atoms with E-state index >= 15 is 0 Å². The number of aromatic nitrogens is 1. The summed E-state index contributed by atoms with van der Waals surface area (Å²) in [6, 6.07) is 9.77. The second-order valence-electron chi connectivity index (χ2n) is 5.42. The van der Waals surface area contributed by atoms with Crippen molar-refractivity contribution in [3.63, 3.8) is 0 Å². The van der Waals surface area contributed by atoms with Gasteiger partial charge < -0.3 is 10.3 Å². The number of hydrogen-bond donors (Lipinski definition) is 2. The topological polar surface area (TPSA) is 62.0 Å². The molecule has 0 atom stereocenters. The summed E-state index contributed by atoms with van der Waals surface area (Å²) in [5.74, 6) is -0.00865. The van der Waals surface area contributed by atoms with Crippen molar-refractivity contribution in [3.8, 4) is 0 Å². The van der Waals surface area contributed by atoms with Crippen molar-refractivity contribution in [3.05, 3.63) is 58.4 Å². The van der Waals surface area contributed by atoms with Crippen molar-refractivity contribution >= 4 is 11.7 Å². The number of aryl methyl sites for hydroxylation is 1. The molecule has 0 spiro atoms. The molecule has 1 amide bonds. The number of benzene rings is 1. The van der Waals surface area contributed by atoms with E-state index in [0.29, 0.717) is 18.7 Å². The fourth-order valence-corrected chi connectivity index (χ4v) is 2.87. The summed E-state index contributed by atoms with van der Waals surface area (Å²) in [4.78, 5) is 27.4. The van der Waals surface area contributed by atoms with Crippen LogP contribution in [0.15, 0.2) is 30.3 Å². The Morgan fingerprint density at radius 1 is 1.24 bits per heavy atom. The Labute approximate surface area is 123 Å². The van der Waals surface area contributed by atoms with Gasteiger partial charge in [0.1, 0.15) is 5.69 Å². The van der Waals surface area contributed by atoms with Crippen LogP contribution in [-0.4, -0.2) is 16.7 Å². The highest BCUT2D eigenvalue weighted by atomic mass is 16.2. The number of amides is 1. The molecule has 0 radical (unpaired) electrons. The number of Topliss-reactive ketones (excluding diaryl/α,β-unsaturated/α-hetero) is 1. The maximum atomic E-state index is 12.3. The Balaban J connectivity index is 1.78. The molecule has 1 aliphatic rings. The molecule has 2 aromatic rings. The molecule has 0 fully saturated rings. The maximum absolute atomic E-state index is 12.3. The zero-order valence-electron chi connectivity index (χ0n) is 12.0. The van der Waals surface area contributed by atoms with E-state index in [1.54, 1.807) is 0 Å². The Kier molecular flexibility index (Phi) is 3.60. The van der Waals surface area contributed by atoms with E-state index in [9.17, 15) is 9.59 Å². The Morgan fingerprint density at radius 2 is 2.00 bits per heavy atom. The summed E-state index contributed by atoms with van der Waals surface area (Å²) in [5.41, 5.74) is 3.99. The zero-order valence-corrected chi connectivity index (χ0v) is 12.0. The van der Waals surface area contributed by atoms with Crippen LogP contribution in [0.5, 0.6) is 0 Å². The lowest BCUT2D eigenvalue weighted by Crippen LogP contribution is -2.23. The number of aromatic amines is 1. The lowest BCUT2D eigenvalue weighted by molar-refractivity contribution is 0.0945. The van der Waals surface area contributed by atoms with Crippen molar-refractivity contribution in [2.75, 3.05) is 0 Å². The fourth-order valence-electron chi connectivity index (χ4n) is 2.87. The predicted molar refractivity (Wildman–Crippen MR) is 80.4 cm³/mol. The molecule has 0 saturated heterocycles. The van der Waals surface area contributed by atoms with Gasteiger partial charge in [0.15, 0.2) is 5.78 Å². The number of hydrogen-bond acceptors (Lipinski definition) is 2. The molecule has 0 aliphatic heterocycles. The molecule has 0 saturated carbocycles. The Morgan fingerprint density at radius 3 is 2.71 bits per heavy atom. The normalized spacial score (nSPS) is 13.9. The SMILES string of the molecule is Cc1c(C(=O)NCc2ccccc2)[nH]c2c1C(=O)CCC2. The number of carbonyl (C=O) groups excluding carboxylic acids is 2. The van der Waals surface area contributed by atoms with Crippen LogP contribution in [-0.2, 0) is 13.0 Å². The first kappa shape index (κ1) is 13.6. The van der Waals surface area contributed by atoms with Gasteiger partial charge in [-0.3, -0.25) is 9.59 Å². The molecule has 3 rings (SSSR count). The van der Waals surface area contributed by atoms with Gasteiger partial charge in [-0.2, -0.15) is 0 Å². The number of fused-ring (bicyclic) bond motifs is 1. The first-order valence-corrected chi connectivity index (χ1v) is 7.23. The summed E-state index contributed by atoms with van der Waals surface area (Å²) in [7, 11) is 0. The zero-order chi connectivity index (χ0) is 14.8. The van der Waals surface area contributed by atoms with Gasteiger partial charge in [0.05, 0.1) is 0 Å². The summed E-state index contributed by atoms with van der Waals surface area (Å²) >= 11 is 0. The van der Waals surface area contributed by atoms with Crippen LogP contribution in [0.4, 0.5) is 0 Å². The van der Waals surface area contributed by atoms with Crippen LogP contribution in [0.2, 0.25) is 0 Å². The van der Waals surface area contributed by atoms with Gasteiger partial charge in [0, 0.05) is 24.2 Å². The summed E-state index contributed by atoms with van der Waals surface area (Å²) in [6.45, 7) is 2.33. The van der Waals surface area contributed by atoms with Crippen LogP contribution >= 0.6 is 0 Å². The van der Waals surface area contributed by atoms with Crippen molar-refractivity contribution in [2.24, 2.45) is 0 Å². The van der Waals surface area contributed by atoms with Crippen LogP contribution in [0.1, 0.15) is 50.5 Å². The lowest BCUT2D eigenvalue weighted by Gasteiger charge is -2.09. The maximum Gasteiger partial charge on any atom is 0.268 e. The smallest absolute Gasteiger partial charge is 0.268 e. The van der Waals surface area contributed by atoms with E-state index in [0.717, 1.165) is 35.2 Å². The minimum Gasteiger partial charge on any atom is -0.354 e. The van der Waals surface area contributed by atoms with Crippen LogP contribution in [0, 0.1) is 6.92 Å². The third-order valence-electron chi connectivity index (χ3n) is 3.96. The molecular formula is C17H18N2O2. The summed E-state index contributed by atoms with van der Waals surface area (Å²) in [6.07, 6.45) is 2.28. The summed E-state index contributed by atoms with van der Waals surface area (Å²) < 4.78 is 0. The molecule has 0 unspecified atom stereocenters. The van der Waals surface area contributed by atoms with Crippen LogP contribution in [0.3, 0.4) is 0 Å². The van der Waals surface area contributed by atoms with Crippen LogP contribution in [0.25, 0.3) is 0 Å². The van der Waals surface area contributed by atoms with E-state index in [-0.39, 0.29) is 11.7 Å². The second kappa shape index (κ2) is 5.56. The number of ketones is 1. The molecular weight excluding hydrogens is 264 g/mol. The van der Waals surface area contributed by atoms with Gasteiger partial charge in [0.25, 0.3) is 5.91 Å². The first-order valence-electron chi connectivity index (χ1n) is 7.23. The molecule has 1 aliphatic carbocycles. The predicted octanol–water partition coefficient (Wildman–Crippen LogP) is 2.77. The van der Waals surface area contributed by atoms with Crippen molar-refractivity contribution in [2.45, 2.75) is 32.7 Å². The molecule has 4 heteroatoms. The molecule has 0 bridgehead atoms. The first-order chi connectivity index (χ1) is 10.2. The quantitative estimate of drug-likeness (QED) is 0.909. The van der Waals surface area contributed by atoms with Crippen molar-refractivity contribution in [1.29, 1.82) is 0 Å². The van der Waals surface area contributed by atoms with Crippen molar-refractivity contribution < 1.29 is 9.59 Å². The standard InChI is InChI=1S/C17H18N2O2/c1-11-15-13(8-5-9-14(15)20)19-16(11)17(21)18-10-12-6-3-2-4-7-12/h2-4,6-7,19H,5,8-10H2,1H3,(H,18,21). The minimum absolute atomic E-state index is 0.145. The molecule has 108 valence electrons. The lowest BCUT2D eigenvalue weighted by atomic mass is 9.94. The molecule has 21 heavy (non-hydrogen) atoms. The Bertz CT molecular complexity index is 686. The average Bonchev–Trinajstić information content (AvgIpc) is 2.84. The summed E-state index contributed by atoms with van der Waals surface area (Å²) in [5, 5.41) is 2.90. The van der Waals surface area contributed by atoms with E-state index in [1.165, 1.54) is 0 Å². The van der Waals surface area contributed by atoms with Gasteiger partial charge in [-0.25, -0.2) is 0 Å². The van der Waals surface area contributed by atoms with E-state index in [1.807, 2.05) is 37.3 Å². The molecule has 2 N–H and O–H groups in total. The third-order valence-corrected chi connectivity index (χ3v) is 3.96.